The fraction of sp³-hybridized carbons (Fsp3) is 0.417. The number of H-pyrrole nitrogens is 1. The van der Waals surface area contributed by atoms with Gasteiger partial charge in [-0.25, -0.2) is 9.78 Å². The zero-order chi connectivity index (χ0) is 13.9. The van der Waals surface area contributed by atoms with Crippen molar-refractivity contribution in [2.45, 2.75) is 26.3 Å². The molecule has 0 aliphatic rings. The highest BCUT2D eigenvalue weighted by Crippen LogP contribution is 2.17. The van der Waals surface area contributed by atoms with Gasteiger partial charge in [0.05, 0.1) is 6.33 Å². The molecule has 6 heteroatoms. The van der Waals surface area contributed by atoms with Crippen molar-refractivity contribution in [2.75, 3.05) is 6.54 Å². The lowest BCUT2D eigenvalue weighted by Crippen LogP contribution is -2.46. The number of amides is 1. The molecule has 1 aromatic rings. The molecule has 0 spiro atoms. The van der Waals surface area contributed by atoms with E-state index < -0.39 is 17.4 Å². The number of carbonyl (C=O) groups excluding carboxylic acids is 1. The predicted octanol–water partition coefficient (Wildman–Crippen LogP) is 1.53. The Morgan fingerprint density at radius 3 is 2.61 bits per heavy atom. The van der Waals surface area contributed by atoms with Gasteiger partial charge in [-0.1, -0.05) is 6.08 Å². The Morgan fingerprint density at radius 2 is 2.17 bits per heavy atom. The molecule has 1 rings (SSSR count). The molecule has 0 saturated carbocycles. The van der Waals surface area contributed by atoms with E-state index in [0.717, 1.165) is 0 Å². The van der Waals surface area contributed by atoms with Crippen molar-refractivity contribution in [3.05, 3.63) is 30.4 Å². The first kappa shape index (κ1) is 14.0. The summed E-state index contributed by atoms with van der Waals surface area (Å²) in [5, 5.41) is 8.96. The highest BCUT2D eigenvalue weighted by molar-refractivity contribution is 6.02. The number of imidazole rings is 1. The van der Waals surface area contributed by atoms with Gasteiger partial charge >= 0.3 is 5.97 Å². The molecule has 0 aromatic carbocycles. The van der Waals surface area contributed by atoms with Crippen molar-refractivity contribution in [1.29, 1.82) is 0 Å². The number of carboxylic acid groups (broad SMARTS) is 1. The Hall–Kier alpha value is -2.11. The van der Waals surface area contributed by atoms with Crippen molar-refractivity contribution in [1.82, 2.24) is 14.9 Å². The second-order valence-corrected chi connectivity index (χ2v) is 4.81. The zero-order valence-electron chi connectivity index (χ0n) is 10.7. The van der Waals surface area contributed by atoms with E-state index in [1.807, 2.05) is 20.8 Å². The maximum absolute atomic E-state index is 12.3. The number of aromatic nitrogens is 2. The maximum Gasteiger partial charge on any atom is 0.354 e. The van der Waals surface area contributed by atoms with E-state index in [0.29, 0.717) is 6.54 Å². The van der Waals surface area contributed by atoms with Crippen LogP contribution < -0.4 is 0 Å². The topological polar surface area (TPSA) is 86.3 Å². The summed E-state index contributed by atoms with van der Waals surface area (Å²) >= 11 is 0. The molecule has 18 heavy (non-hydrogen) atoms. The third kappa shape index (κ3) is 2.77. The number of carboxylic acids is 1. The maximum atomic E-state index is 12.3. The van der Waals surface area contributed by atoms with Gasteiger partial charge in [-0.05, 0) is 20.8 Å². The second kappa shape index (κ2) is 5.03. The van der Waals surface area contributed by atoms with Crippen LogP contribution in [0.25, 0.3) is 0 Å². The van der Waals surface area contributed by atoms with Crippen LogP contribution in [-0.4, -0.2) is 43.9 Å². The van der Waals surface area contributed by atoms with Crippen LogP contribution in [0.15, 0.2) is 19.0 Å². The molecule has 0 radical (unpaired) electrons. The Bertz CT molecular complexity index is 471. The lowest BCUT2D eigenvalue weighted by molar-refractivity contribution is 0.0590. The van der Waals surface area contributed by atoms with Gasteiger partial charge in [-0.3, -0.25) is 4.79 Å². The molecule has 1 amide bonds. The van der Waals surface area contributed by atoms with Crippen LogP contribution in [0.4, 0.5) is 0 Å². The van der Waals surface area contributed by atoms with E-state index in [4.69, 9.17) is 5.11 Å². The molecule has 2 N–H and O–H groups in total. The molecule has 0 atom stereocenters. The Morgan fingerprint density at radius 1 is 1.56 bits per heavy atom. The van der Waals surface area contributed by atoms with Crippen molar-refractivity contribution in [3.63, 3.8) is 0 Å². The molecule has 0 fully saturated rings. The molecule has 0 aliphatic heterocycles. The van der Waals surface area contributed by atoms with Gasteiger partial charge in [0.25, 0.3) is 5.91 Å². The SMILES string of the molecule is C=CCN(C(=O)c1nc[nH]c1C(=O)O)C(C)(C)C. The average Bonchev–Trinajstić information content (AvgIpc) is 2.72. The molecule has 0 bridgehead atoms. The minimum atomic E-state index is -1.21. The lowest BCUT2D eigenvalue weighted by Gasteiger charge is -2.34. The van der Waals surface area contributed by atoms with Crippen LogP contribution in [0, 0.1) is 0 Å². The van der Waals surface area contributed by atoms with Crippen molar-refractivity contribution in [3.8, 4) is 0 Å². The molecular weight excluding hydrogens is 234 g/mol. The smallest absolute Gasteiger partial charge is 0.354 e. The quantitative estimate of drug-likeness (QED) is 0.794. The molecular formula is C12H17N3O3. The highest BCUT2D eigenvalue weighted by Gasteiger charge is 2.30. The normalized spacial score (nSPS) is 11.1. The standard InChI is InChI=1S/C12H17N3O3/c1-5-6-15(12(2,3)4)10(16)8-9(11(17)18)14-7-13-8/h5,7H,1,6H2,2-4H3,(H,13,14)(H,17,18). The number of rotatable bonds is 4. The number of hydrogen-bond donors (Lipinski definition) is 2. The van der Waals surface area contributed by atoms with Crippen molar-refractivity contribution >= 4 is 11.9 Å². The highest BCUT2D eigenvalue weighted by atomic mass is 16.4. The van der Waals surface area contributed by atoms with Gasteiger partial charge in [0, 0.05) is 12.1 Å². The largest absolute Gasteiger partial charge is 0.477 e. The summed E-state index contributed by atoms with van der Waals surface area (Å²) < 4.78 is 0. The third-order valence-electron chi connectivity index (χ3n) is 2.42. The molecule has 1 aromatic heterocycles. The lowest BCUT2D eigenvalue weighted by atomic mass is 10.0. The summed E-state index contributed by atoms with van der Waals surface area (Å²) in [5.74, 6) is -1.63. The van der Waals surface area contributed by atoms with Crippen LogP contribution in [-0.2, 0) is 0 Å². The zero-order valence-corrected chi connectivity index (χ0v) is 10.7. The predicted molar refractivity (Wildman–Crippen MR) is 66.5 cm³/mol. The first-order chi connectivity index (χ1) is 8.29. The van der Waals surface area contributed by atoms with Crippen molar-refractivity contribution < 1.29 is 14.7 Å². The summed E-state index contributed by atoms with van der Waals surface area (Å²) in [6, 6.07) is 0. The summed E-state index contributed by atoms with van der Waals surface area (Å²) in [5.41, 5.74) is -0.724. The summed E-state index contributed by atoms with van der Waals surface area (Å²) in [4.78, 5) is 31.0. The summed E-state index contributed by atoms with van der Waals surface area (Å²) in [6.45, 7) is 9.51. The third-order valence-corrected chi connectivity index (χ3v) is 2.42. The van der Waals surface area contributed by atoms with E-state index in [2.05, 4.69) is 16.5 Å². The Balaban J connectivity index is 3.14. The van der Waals surface area contributed by atoms with Gasteiger partial charge in [-0.2, -0.15) is 0 Å². The Kier molecular flexibility index (Phi) is 3.90. The van der Waals surface area contributed by atoms with Crippen LogP contribution in [0.3, 0.4) is 0 Å². The second-order valence-electron chi connectivity index (χ2n) is 4.81. The number of hydrogen-bond acceptors (Lipinski definition) is 3. The van der Waals surface area contributed by atoms with Crippen molar-refractivity contribution in [2.24, 2.45) is 0 Å². The first-order valence-electron chi connectivity index (χ1n) is 5.48. The summed E-state index contributed by atoms with van der Waals surface area (Å²) in [7, 11) is 0. The monoisotopic (exact) mass is 251 g/mol. The summed E-state index contributed by atoms with van der Waals surface area (Å²) in [6.07, 6.45) is 2.79. The number of nitrogens with one attached hydrogen (secondary N) is 1. The average molecular weight is 251 g/mol. The van der Waals surface area contributed by atoms with Crippen LogP contribution in [0.5, 0.6) is 0 Å². The first-order valence-corrected chi connectivity index (χ1v) is 5.48. The number of carbonyl (C=O) groups is 2. The van der Waals surface area contributed by atoms with Crippen LogP contribution >= 0.6 is 0 Å². The van der Waals surface area contributed by atoms with Gasteiger partial charge in [0.15, 0.2) is 11.4 Å². The van der Waals surface area contributed by atoms with E-state index in [1.54, 1.807) is 6.08 Å². The minimum absolute atomic E-state index is 0.0840. The van der Waals surface area contributed by atoms with Gasteiger partial charge < -0.3 is 15.0 Å². The molecule has 6 nitrogen and oxygen atoms in total. The minimum Gasteiger partial charge on any atom is -0.477 e. The molecule has 98 valence electrons. The van der Waals surface area contributed by atoms with E-state index in [9.17, 15) is 9.59 Å². The van der Waals surface area contributed by atoms with E-state index in [1.165, 1.54) is 11.2 Å². The van der Waals surface area contributed by atoms with Crippen LogP contribution in [0.2, 0.25) is 0 Å². The number of aromatic amines is 1. The molecule has 0 unspecified atom stereocenters. The van der Waals surface area contributed by atoms with E-state index >= 15 is 0 Å². The van der Waals surface area contributed by atoms with Gasteiger partial charge in [0.2, 0.25) is 0 Å². The fourth-order valence-corrected chi connectivity index (χ4v) is 1.54. The fourth-order valence-electron chi connectivity index (χ4n) is 1.54. The number of aromatic carboxylic acids is 1. The van der Waals surface area contributed by atoms with Gasteiger partial charge in [-0.15, -0.1) is 6.58 Å². The number of nitrogens with zero attached hydrogens (tertiary/aromatic N) is 2. The van der Waals surface area contributed by atoms with E-state index in [-0.39, 0.29) is 11.4 Å². The molecule has 0 aliphatic carbocycles. The van der Waals surface area contributed by atoms with Crippen LogP contribution in [0.1, 0.15) is 41.7 Å². The molecule has 1 heterocycles. The van der Waals surface area contributed by atoms with Gasteiger partial charge in [0.1, 0.15) is 0 Å². The molecule has 0 saturated heterocycles. The Labute approximate surface area is 105 Å².